The molecule has 3 aromatic rings. The molecule has 6 nitrogen and oxygen atoms in total. The van der Waals surface area contributed by atoms with Crippen molar-refractivity contribution in [1.82, 2.24) is 20.1 Å². The van der Waals surface area contributed by atoms with Gasteiger partial charge in [0, 0.05) is 41.5 Å². The lowest BCUT2D eigenvalue weighted by atomic mass is 9.99. The van der Waals surface area contributed by atoms with E-state index in [2.05, 4.69) is 15.4 Å². The molecule has 0 saturated heterocycles. The van der Waals surface area contributed by atoms with Crippen molar-refractivity contribution in [3.8, 4) is 0 Å². The third-order valence-electron chi connectivity index (χ3n) is 3.76. The molecule has 0 fully saturated rings. The van der Waals surface area contributed by atoms with Gasteiger partial charge in [-0.3, -0.25) is 9.48 Å². The summed E-state index contributed by atoms with van der Waals surface area (Å²) in [5.74, 6) is -0.214. The second kappa shape index (κ2) is 5.31. The maximum absolute atomic E-state index is 12.4. The average Bonchev–Trinajstić information content (AvgIpc) is 3.13. The van der Waals surface area contributed by atoms with Gasteiger partial charge in [0.15, 0.2) is 0 Å². The number of aryl methyl sites for hydroxylation is 1. The van der Waals surface area contributed by atoms with Gasteiger partial charge >= 0.3 is 0 Å². The number of nitrogens with zero attached hydrogens (tertiary/aromatic N) is 2. The molecule has 0 spiro atoms. The number of fused-ring (bicyclic) bond motifs is 1. The van der Waals surface area contributed by atoms with Crippen LogP contribution < -0.4 is 5.32 Å². The van der Waals surface area contributed by atoms with Crippen molar-refractivity contribution in [2.24, 2.45) is 7.05 Å². The van der Waals surface area contributed by atoms with Crippen LogP contribution in [-0.4, -0.2) is 32.3 Å². The summed E-state index contributed by atoms with van der Waals surface area (Å²) in [6.45, 7) is 1.76. The molecule has 0 aliphatic rings. The normalized spacial score (nSPS) is 14.0. The summed E-state index contributed by atoms with van der Waals surface area (Å²) < 4.78 is 1.62. The van der Waals surface area contributed by atoms with Gasteiger partial charge in [-0.1, -0.05) is 6.07 Å². The minimum absolute atomic E-state index is 0.109. The van der Waals surface area contributed by atoms with E-state index in [4.69, 9.17) is 0 Å². The molecule has 2 aromatic heterocycles. The number of H-pyrrole nitrogens is 1. The summed E-state index contributed by atoms with van der Waals surface area (Å²) in [5, 5.41) is 18.2. The number of amides is 1. The monoisotopic (exact) mass is 298 g/mol. The van der Waals surface area contributed by atoms with E-state index in [1.165, 1.54) is 0 Å². The Kier molecular flexibility index (Phi) is 3.46. The second-order valence-corrected chi connectivity index (χ2v) is 5.60. The third-order valence-corrected chi connectivity index (χ3v) is 3.76. The molecule has 22 heavy (non-hydrogen) atoms. The minimum Gasteiger partial charge on any atom is -0.383 e. The first-order chi connectivity index (χ1) is 10.5. The zero-order valence-corrected chi connectivity index (χ0v) is 12.5. The van der Waals surface area contributed by atoms with Gasteiger partial charge in [-0.05, 0) is 25.1 Å². The molecule has 6 heteroatoms. The van der Waals surface area contributed by atoms with E-state index in [0.29, 0.717) is 11.1 Å². The molecule has 2 heterocycles. The van der Waals surface area contributed by atoms with E-state index < -0.39 is 5.60 Å². The topological polar surface area (TPSA) is 82.9 Å². The third kappa shape index (κ3) is 2.60. The van der Waals surface area contributed by atoms with Crippen molar-refractivity contribution in [1.29, 1.82) is 0 Å². The van der Waals surface area contributed by atoms with Gasteiger partial charge in [0.1, 0.15) is 5.60 Å². The molecule has 1 atom stereocenters. The number of carbonyl (C=O) groups is 1. The zero-order chi connectivity index (χ0) is 15.7. The van der Waals surface area contributed by atoms with Crippen LogP contribution in [-0.2, 0) is 12.6 Å². The number of nitrogens with one attached hydrogen (secondary N) is 2. The van der Waals surface area contributed by atoms with Gasteiger partial charge < -0.3 is 15.4 Å². The number of carbonyl (C=O) groups excluding carboxylic acids is 1. The lowest BCUT2D eigenvalue weighted by molar-refractivity contribution is 0.0526. The van der Waals surface area contributed by atoms with Gasteiger partial charge in [0.05, 0.1) is 12.7 Å². The van der Waals surface area contributed by atoms with E-state index in [1.807, 2.05) is 18.2 Å². The molecule has 1 unspecified atom stereocenters. The van der Waals surface area contributed by atoms with Crippen LogP contribution in [0.2, 0.25) is 0 Å². The fourth-order valence-electron chi connectivity index (χ4n) is 2.43. The molecule has 0 saturated carbocycles. The van der Waals surface area contributed by atoms with Crippen LogP contribution in [0.15, 0.2) is 42.9 Å². The first-order valence-electron chi connectivity index (χ1n) is 7.03. The highest BCUT2D eigenvalue weighted by molar-refractivity contribution is 6.06. The predicted octanol–water partition coefficient (Wildman–Crippen LogP) is 1.54. The van der Waals surface area contributed by atoms with E-state index in [-0.39, 0.29) is 12.5 Å². The predicted molar refractivity (Wildman–Crippen MR) is 83.4 cm³/mol. The van der Waals surface area contributed by atoms with Crippen molar-refractivity contribution < 1.29 is 9.90 Å². The zero-order valence-electron chi connectivity index (χ0n) is 12.5. The Morgan fingerprint density at radius 3 is 3.00 bits per heavy atom. The molecule has 1 amide bonds. The smallest absolute Gasteiger partial charge is 0.252 e. The van der Waals surface area contributed by atoms with Crippen LogP contribution in [0.1, 0.15) is 22.8 Å². The van der Waals surface area contributed by atoms with Crippen LogP contribution in [0.4, 0.5) is 0 Å². The lowest BCUT2D eigenvalue weighted by Gasteiger charge is -2.22. The van der Waals surface area contributed by atoms with Gasteiger partial charge in [-0.2, -0.15) is 5.10 Å². The molecule has 3 rings (SSSR count). The Labute approximate surface area is 127 Å². The molecular formula is C16H18N4O2. The van der Waals surface area contributed by atoms with Gasteiger partial charge in [0.2, 0.25) is 0 Å². The number of hydrogen-bond donors (Lipinski definition) is 3. The quantitative estimate of drug-likeness (QED) is 0.683. The molecule has 114 valence electrons. The number of benzene rings is 1. The van der Waals surface area contributed by atoms with Crippen LogP contribution in [0.25, 0.3) is 10.9 Å². The van der Waals surface area contributed by atoms with Crippen LogP contribution in [0.3, 0.4) is 0 Å². The van der Waals surface area contributed by atoms with Crippen LogP contribution >= 0.6 is 0 Å². The van der Waals surface area contributed by atoms with Crippen LogP contribution in [0.5, 0.6) is 0 Å². The molecule has 0 bridgehead atoms. The fourth-order valence-corrected chi connectivity index (χ4v) is 2.43. The lowest BCUT2D eigenvalue weighted by Crippen LogP contribution is -2.38. The summed E-state index contributed by atoms with van der Waals surface area (Å²) >= 11 is 0. The highest BCUT2D eigenvalue weighted by atomic mass is 16.3. The van der Waals surface area contributed by atoms with E-state index >= 15 is 0 Å². The first-order valence-corrected chi connectivity index (χ1v) is 7.03. The van der Waals surface area contributed by atoms with Gasteiger partial charge in [-0.15, -0.1) is 0 Å². The van der Waals surface area contributed by atoms with Crippen molar-refractivity contribution in [2.45, 2.75) is 12.5 Å². The molecule has 1 aromatic carbocycles. The van der Waals surface area contributed by atoms with Crippen molar-refractivity contribution in [3.63, 3.8) is 0 Å². The number of hydrogen-bond acceptors (Lipinski definition) is 3. The Hall–Kier alpha value is -2.60. The van der Waals surface area contributed by atoms with E-state index in [0.717, 1.165) is 10.9 Å². The van der Waals surface area contributed by atoms with Crippen molar-refractivity contribution >= 4 is 16.8 Å². The SMILES string of the molecule is Cn1cc(C(C)(O)CNC(=O)c2cccc3[nH]ccc23)cn1. The summed E-state index contributed by atoms with van der Waals surface area (Å²) in [4.78, 5) is 15.5. The molecule has 3 N–H and O–H groups in total. The number of rotatable bonds is 4. The highest BCUT2D eigenvalue weighted by Gasteiger charge is 2.25. The minimum atomic E-state index is -1.17. The number of aromatic nitrogens is 3. The summed E-state index contributed by atoms with van der Waals surface area (Å²) in [5.41, 5.74) is 0.984. The molecule has 0 radical (unpaired) electrons. The number of aromatic amines is 1. The van der Waals surface area contributed by atoms with E-state index in [1.54, 1.807) is 43.3 Å². The van der Waals surface area contributed by atoms with Crippen LogP contribution in [0, 0.1) is 0 Å². The first kappa shape index (κ1) is 14.3. The van der Waals surface area contributed by atoms with Crippen molar-refractivity contribution in [2.75, 3.05) is 6.54 Å². The molecule has 0 aliphatic heterocycles. The Morgan fingerprint density at radius 1 is 1.45 bits per heavy atom. The summed E-state index contributed by atoms with van der Waals surface area (Å²) in [7, 11) is 1.78. The van der Waals surface area contributed by atoms with E-state index in [9.17, 15) is 9.90 Å². The van der Waals surface area contributed by atoms with Crippen molar-refractivity contribution in [3.05, 3.63) is 54.0 Å². The molecule has 0 aliphatic carbocycles. The van der Waals surface area contributed by atoms with Gasteiger partial charge in [0.25, 0.3) is 5.91 Å². The fraction of sp³-hybridized carbons (Fsp3) is 0.250. The Morgan fingerprint density at radius 2 is 2.27 bits per heavy atom. The maximum Gasteiger partial charge on any atom is 0.252 e. The van der Waals surface area contributed by atoms with Gasteiger partial charge in [-0.25, -0.2) is 0 Å². The molecular weight excluding hydrogens is 280 g/mol. The Balaban J connectivity index is 1.76. The summed E-state index contributed by atoms with van der Waals surface area (Å²) in [6.07, 6.45) is 5.13. The summed E-state index contributed by atoms with van der Waals surface area (Å²) in [6, 6.07) is 7.37. The number of aliphatic hydroxyl groups is 1. The maximum atomic E-state index is 12.4. The highest BCUT2D eigenvalue weighted by Crippen LogP contribution is 2.20. The Bertz CT molecular complexity index is 816. The average molecular weight is 298 g/mol. The standard InChI is InChI=1S/C16H18N4O2/c1-16(22,11-8-19-20(2)9-11)10-18-15(21)13-4-3-5-14-12(13)6-7-17-14/h3-9,17,22H,10H2,1-2H3,(H,18,21). The largest absolute Gasteiger partial charge is 0.383 e. The second-order valence-electron chi connectivity index (χ2n) is 5.60.